The standard InChI is InChI=1S/C22H29N3O4/c1-28-13-14-29-19-9-7-17(8-10-19)22(27)24-20-16-25(12-4-6-21(20)26)15-18-5-2-3-11-23-18/h2-3,5,7-11,20-21,26H,4,6,12-16H2,1H3,(H,24,27)/t20-,21+/m0/s1. The number of carbonyl (C=O) groups excluding carboxylic acids is 1. The Morgan fingerprint density at radius 1 is 1.24 bits per heavy atom. The van der Waals surface area contributed by atoms with E-state index in [-0.39, 0.29) is 11.9 Å². The van der Waals surface area contributed by atoms with Crippen molar-refractivity contribution in [2.75, 3.05) is 33.4 Å². The fourth-order valence-electron chi connectivity index (χ4n) is 3.42. The SMILES string of the molecule is COCCOc1ccc(C(=O)N[C@H]2CN(Cc3ccccn3)CCC[C@H]2O)cc1. The van der Waals surface area contributed by atoms with Gasteiger partial charge in [-0.25, -0.2) is 0 Å². The Kier molecular flexibility index (Phi) is 7.98. The molecule has 1 saturated heterocycles. The van der Waals surface area contributed by atoms with Crippen molar-refractivity contribution in [2.24, 2.45) is 0 Å². The van der Waals surface area contributed by atoms with Gasteiger partial charge < -0.3 is 19.9 Å². The molecular formula is C22H29N3O4. The number of nitrogens with one attached hydrogen (secondary N) is 1. The first-order chi connectivity index (χ1) is 14.2. The molecule has 7 heteroatoms. The quantitative estimate of drug-likeness (QED) is 0.660. The second kappa shape index (κ2) is 10.9. The summed E-state index contributed by atoms with van der Waals surface area (Å²) in [6.07, 6.45) is 2.76. The highest BCUT2D eigenvalue weighted by Crippen LogP contribution is 2.16. The molecule has 0 spiro atoms. The molecule has 156 valence electrons. The van der Waals surface area contributed by atoms with E-state index >= 15 is 0 Å². The van der Waals surface area contributed by atoms with Crippen LogP contribution in [0.3, 0.4) is 0 Å². The topological polar surface area (TPSA) is 83.9 Å². The predicted octanol–water partition coefficient (Wildman–Crippen LogP) is 1.86. The van der Waals surface area contributed by atoms with Crippen LogP contribution in [0.25, 0.3) is 0 Å². The van der Waals surface area contributed by atoms with E-state index in [0.717, 1.165) is 18.7 Å². The maximum atomic E-state index is 12.7. The van der Waals surface area contributed by atoms with Gasteiger partial charge in [-0.15, -0.1) is 0 Å². The van der Waals surface area contributed by atoms with Gasteiger partial charge >= 0.3 is 0 Å². The van der Waals surface area contributed by atoms with Crippen LogP contribution in [-0.2, 0) is 11.3 Å². The minimum Gasteiger partial charge on any atom is -0.491 e. The van der Waals surface area contributed by atoms with Crippen LogP contribution in [-0.4, -0.2) is 66.5 Å². The third-order valence-electron chi connectivity index (χ3n) is 4.99. The predicted molar refractivity (Wildman–Crippen MR) is 110 cm³/mol. The van der Waals surface area contributed by atoms with Gasteiger partial charge in [0.2, 0.25) is 0 Å². The number of ether oxygens (including phenoxy) is 2. The number of aliphatic hydroxyl groups excluding tert-OH is 1. The number of carbonyl (C=O) groups is 1. The van der Waals surface area contributed by atoms with Crippen molar-refractivity contribution in [3.8, 4) is 5.75 Å². The Hall–Kier alpha value is -2.48. The summed E-state index contributed by atoms with van der Waals surface area (Å²) in [4.78, 5) is 19.3. The lowest BCUT2D eigenvalue weighted by atomic mass is 10.1. The molecule has 0 bridgehead atoms. The Morgan fingerprint density at radius 2 is 2.07 bits per heavy atom. The normalized spacial score (nSPS) is 20.1. The summed E-state index contributed by atoms with van der Waals surface area (Å²) in [5, 5.41) is 13.5. The number of aliphatic hydroxyl groups is 1. The summed E-state index contributed by atoms with van der Waals surface area (Å²) in [5.74, 6) is 0.492. The number of nitrogens with zero attached hydrogens (tertiary/aromatic N) is 2. The molecule has 2 atom stereocenters. The molecule has 1 aliphatic rings. The number of hydrogen-bond acceptors (Lipinski definition) is 6. The fraction of sp³-hybridized carbons (Fsp3) is 0.455. The first-order valence-electron chi connectivity index (χ1n) is 9.98. The van der Waals surface area contributed by atoms with Crippen molar-refractivity contribution in [3.63, 3.8) is 0 Å². The Balaban J connectivity index is 1.58. The van der Waals surface area contributed by atoms with Crippen LogP contribution >= 0.6 is 0 Å². The number of hydrogen-bond donors (Lipinski definition) is 2. The molecule has 3 rings (SSSR count). The van der Waals surface area contributed by atoms with Crippen molar-refractivity contribution >= 4 is 5.91 Å². The minimum absolute atomic E-state index is 0.197. The van der Waals surface area contributed by atoms with E-state index in [0.29, 0.717) is 44.0 Å². The van der Waals surface area contributed by atoms with Gasteiger partial charge in [-0.05, 0) is 55.8 Å². The molecule has 1 aromatic carbocycles. The Morgan fingerprint density at radius 3 is 2.79 bits per heavy atom. The van der Waals surface area contributed by atoms with Gasteiger partial charge in [-0.3, -0.25) is 14.7 Å². The number of pyridine rings is 1. The molecule has 0 saturated carbocycles. The highest BCUT2D eigenvalue weighted by Gasteiger charge is 2.27. The molecule has 1 amide bonds. The molecule has 2 heterocycles. The second-order valence-electron chi connectivity index (χ2n) is 7.21. The lowest BCUT2D eigenvalue weighted by molar-refractivity contribution is 0.0797. The van der Waals surface area contributed by atoms with Gasteiger partial charge in [-0.2, -0.15) is 0 Å². The molecular weight excluding hydrogens is 370 g/mol. The minimum atomic E-state index is -0.565. The van der Waals surface area contributed by atoms with Crippen LogP contribution in [0.4, 0.5) is 0 Å². The largest absolute Gasteiger partial charge is 0.491 e. The third-order valence-corrected chi connectivity index (χ3v) is 4.99. The smallest absolute Gasteiger partial charge is 0.251 e. The van der Waals surface area contributed by atoms with Crippen molar-refractivity contribution < 1.29 is 19.4 Å². The summed E-state index contributed by atoms with van der Waals surface area (Å²) >= 11 is 0. The monoisotopic (exact) mass is 399 g/mol. The van der Waals surface area contributed by atoms with Crippen LogP contribution < -0.4 is 10.1 Å². The molecule has 0 unspecified atom stereocenters. The van der Waals surface area contributed by atoms with Crippen LogP contribution in [0.1, 0.15) is 28.9 Å². The van der Waals surface area contributed by atoms with E-state index in [4.69, 9.17) is 9.47 Å². The number of benzene rings is 1. The van der Waals surface area contributed by atoms with E-state index in [2.05, 4.69) is 15.2 Å². The summed E-state index contributed by atoms with van der Waals surface area (Å²) in [7, 11) is 1.62. The maximum Gasteiger partial charge on any atom is 0.251 e. The molecule has 7 nitrogen and oxygen atoms in total. The number of likely N-dealkylation sites (tertiary alicyclic amines) is 1. The second-order valence-corrected chi connectivity index (χ2v) is 7.21. The summed E-state index contributed by atoms with van der Waals surface area (Å²) in [5.41, 5.74) is 1.52. The van der Waals surface area contributed by atoms with Gasteiger partial charge in [-0.1, -0.05) is 6.07 Å². The zero-order chi connectivity index (χ0) is 20.5. The van der Waals surface area contributed by atoms with Gasteiger partial charge in [0.15, 0.2) is 0 Å². The highest BCUT2D eigenvalue weighted by molar-refractivity contribution is 5.94. The van der Waals surface area contributed by atoms with Gasteiger partial charge in [0.05, 0.1) is 24.4 Å². The average molecular weight is 399 g/mol. The van der Waals surface area contributed by atoms with Crippen LogP contribution in [0.5, 0.6) is 5.75 Å². The van der Waals surface area contributed by atoms with E-state index in [1.807, 2.05) is 18.2 Å². The number of aromatic nitrogens is 1. The first kappa shape index (κ1) is 21.2. The molecule has 29 heavy (non-hydrogen) atoms. The van der Waals surface area contributed by atoms with Gasteiger partial charge in [0, 0.05) is 32.0 Å². The van der Waals surface area contributed by atoms with Crippen LogP contribution in [0.2, 0.25) is 0 Å². The average Bonchev–Trinajstić information content (AvgIpc) is 2.90. The molecule has 0 radical (unpaired) electrons. The van der Waals surface area contributed by atoms with Crippen molar-refractivity contribution in [2.45, 2.75) is 31.5 Å². The van der Waals surface area contributed by atoms with E-state index < -0.39 is 6.10 Å². The highest BCUT2D eigenvalue weighted by atomic mass is 16.5. The molecule has 2 N–H and O–H groups in total. The zero-order valence-corrected chi connectivity index (χ0v) is 16.8. The van der Waals surface area contributed by atoms with E-state index in [1.165, 1.54) is 0 Å². The molecule has 2 aromatic rings. The van der Waals surface area contributed by atoms with Gasteiger partial charge in [0.1, 0.15) is 12.4 Å². The van der Waals surface area contributed by atoms with Gasteiger partial charge in [0.25, 0.3) is 5.91 Å². The summed E-state index contributed by atoms with van der Waals surface area (Å²) < 4.78 is 10.5. The van der Waals surface area contributed by atoms with Crippen LogP contribution in [0, 0.1) is 0 Å². The summed E-state index contributed by atoms with van der Waals surface area (Å²) in [6.45, 7) is 3.13. The van der Waals surface area contributed by atoms with Crippen molar-refractivity contribution in [1.82, 2.24) is 15.2 Å². The van der Waals surface area contributed by atoms with Crippen LogP contribution in [0.15, 0.2) is 48.7 Å². The third kappa shape index (κ3) is 6.52. The lowest BCUT2D eigenvalue weighted by Crippen LogP contribution is -2.48. The Bertz CT molecular complexity index is 754. The molecule has 0 aliphatic carbocycles. The number of rotatable bonds is 8. The number of methoxy groups -OCH3 is 1. The van der Waals surface area contributed by atoms with E-state index in [9.17, 15) is 9.90 Å². The first-order valence-corrected chi connectivity index (χ1v) is 9.98. The number of amides is 1. The molecule has 1 fully saturated rings. The maximum absolute atomic E-state index is 12.7. The fourth-order valence-corrected chi connectivity index (χ4v) is 3.42. The lowest BCUT2D eigenvalue weighted by Gasteiger charge is -2.27. The van der Waals surface area contributed by atoms with Crippen molar-refractivity contribution in [3.05, 3.63) is 59.9 Å². The molecule has 1 aromatic heterocycles. The zero-order valence-electron chi connectivity index (χ0n) is 16.8. The van der Waals surface area contributed by atoms with Crippen molar-refractivity contribution in [1.29, 1.82) is 0 Å². The summed E-state index contributed by atoms with van der Waals surface area (Å²) in [6, 6.07) is 12.5. The Labute approximate surface area is 171 Å². The molecule has 1 aliphatic heterocycles. The van der Waals surface area contributed by atoms with E-state index in [1.54, 1.807) is 37.6 Å².